The Labute approximate surface area is 148 Å². The number of nitrogens with one attached hydrogen (secondary N) is 1. The van der Waals surface area contributed by atoms with Crippen molar-refractivity contribution in [3.05, 3.63) is 65.2 Å². The highest BCUT2D eigenvalue weighted by atomic mass is 19.4. The molecule has 4 nitrogen and oxygen atoms in total. The van der Waals surface area contributed by atoms with Crippen LogP contribution in [-0.2, 0) is 11.0 Å². The number of amides is 1. The highest BCUT2D eigenvalue weighted by Gasteiger charge is 2.33. The number of hydrogen-bond acceptors (Lipinski definition) is 3. The molecule has 0 atom stereocenters. The molecule has 0 radical (unpaired) electrons. The first-order valence-electron chi connectivity index (χ1n) is 7.67. The molecule has 2 aromatic carbocycles. The first-order valence-corrected chi connectivity index (χ1v) is 7.67. The summed E-state index contributed by atoms with van der Waals surface area (Å²) in [5.74, 6) is -0.287. The summed E-state index contributed by atoms with van der Waals surface area (Å²) >= 11 is 0. The summed E-state index contributed by atoms with van der Waals surface area (Å²) in [6.45, 7) is 2.34. The Morgan fingerprint density at radius 3 is 2.42 bits per heavy atom. The summed E-state index contributed by atoms with van der Waals surface area (Å²) in [4.78, 5) is 12.2. The van der Waals surface area contributed by atoms with E-state index in [0.717, 1.165) is 12.1 Å². The number of alkyl halides is 3. The van der Waals surface area contributed by atoms with Gasteiger partial charge in [-0.2, -0.15) is 18.4 Å². The number of carbonyl (C=O) groups is 1. The van der Waals surface area contributed by atoms with Gasteiger partial charge >= 0.3 is 6.18 Å². The molecule has 2 aromatic rings. The third kappa shape index (κ3) is 4.86. The SMILES string of the molecule is CCOc1ccc(/C=C(\C#N)C(=O)Nc2ccccc2C(F)(F)F)cc1. The normalized spacial score (nSPS) is 11.6. The van der Waals surface area contributed by atoms with Crippen molar-refractivity contribution in [3.63, 3.8) is 0 Å². The van der Waals surface area contributed by atoms with Crippen LogP contribution in [-0.4, -0.2) is 12.5 Å². The van der Waals surface area contributed by atoms with Crippen molar-refractivity contribution in [3.8, 4) is 11.8 Å². The van der Waals surface area contributed by atoms with Gasteiger partial charge in [-0.25, -0.2) is 0 Å². The second-order valence-corrected chi connectivity index (χ2v) is 5.17. The Kier molecular flexibility index (Phi) is 6.02. The molecule has 0 bridgehead atoms. The van der Waals surface area contributed by atoms with Crippen LogP contribution < -0.4 is 10.1 Å². The number of ether oxygens (including phenoxy) is 1. The molecule has 0 spiro atoms. The number of carbonyl (C=O) groups excluding carboxylic acids is 1. The monoisotopic (exact) mass is 360 g/mol. The van der Waals surface area contributed by atoms with E-state index >= 15 is 0 Å². The highest BCUT2D eigenvalue weighted by Crippen LogP contribution is 2.34. The predicted molar refractivity (Wildman–Crippen MR) is 91.3 cm³/mol. The lowest BCUT2D eigenvalue weighted by Crippen LogP contribution is -2.17. The molecule has 1 N–H and O–H groups in total. The van der Waals surface area contributed by atoms with Crippen molar-refractivity contribution in [2.45, 2.75) is 13.1 Å². The third-order valence-corrected chi connectivity index (χ3v) is 3.35. The Bertz CT molecular complexity index is 850. The van der Waals surface area contributed by atoms with Gasteiger partial charge in [0.25, 0.3) is 5.91 Å². The topological polar surface area (TPSA) is 62.1 Å². The zero-order valence-corrected chi connectivity index (χ0v) is 13.8. The second kappa shape index (κ2) is 8.21. The second-order valence-electron chi connectivity index (χ2n) is 5.17. The van der Waals surface area contributed by atoms with Crippen LogP contribution in [0.3, 0.4) is 0 Å². The average Bonchev–Trinajstić information content (AvgIpc) is 2.60. The van der Waals surface area contributed by atoms with E-state index < -0.39 is 23.3 Å². The van der Waals surface area contributed by atoms with Crippen LogP contribution in [0.2, 0.25) is 0 Å². The molecule has 2 rings (SSSR count). The highest BCUT2D eigenvalue weighted by molar-refractivity contribution is 6.10. The van der Waals surface area contributed by atoms with Crippen LogP contribution in [0.15, 0.2) is 54.1 Å². The van der Waals surface area contributed by atoms with Crippen molar-refractivity contribution in [1.29, 1.82) is 5.26 Å². The number of halogens is 3. The zero-order valence-electron chi connectivity index (χ0n) is 13.8. The first kappa shape index (κ1) is 19.1. The maximum absolute atomic E-state index is 13.0. The average molecular weight is 360 g/mol. The molecular weight excluding hydrogens is 345 g/mol. The van der Waals surface area contributed by atoms with Crippen molar-refractivity contribution < 1.29 is 22.7 Å². The fourth-order valence-corrected chi connectivity index (χ4v) is 2.17. The first-order chi connectivity index (χ1) is 12.3. The van der Waals surface area contributed by atoms with Crippen molar-refractivity contribution in [2.24, 2.45) is 0 Å². The smallest absolute Gasteiger partial charge is 0.418 e. The molecule has 7 heteroatoms. The van der Waals surface area contributed by atoms with Gasteiger partial charge in [0.1, 0.15) is 17.4 Å². The van der Waals surface area contributed by atoms with Gasteiger partial charge in [0.15, 0.2) is 0 Å². The van der Waals surface area contributed by atoms with E-state index in [1.54, 1.807) is 30.3 Å². The molecule has 0 aliphatic heterocycles. The van der Waals surface area contributed by atoms with Gasteiger partial charge in [-0.3, -0.25) is 4.79 Å². The molecule has 0 saturated carbocycles. The summed E-state index contributed by atoms with van der Waals surface area (Å²) in [6, 6.07) is 12.9. The minimum atomic E-state index is -4.62. The van der Waals surface area contributed by atoms with Gasteiger partial charge in [0.05, 0.1) is 17.9 Å². The van der Waals surface area contributed by atoms with E-state index in [4.69, 9.17) is 4.74 Å². The van der Waals surface area contributed by atoms with Crippen molar-refractivity contribution >= 4 is 17.7 Å². The largest absolute Gasteiger partial charge is 0.494 e. The number of para-hydroxylation sites is 1. The molecule has 0 aliphatic carbocycles. The quantitative estimate of drug-likeness (QED) is 0.624. The van der Waals surface area contributed by atoms with E-state index in [0.29, 0.717) is 17.9 Å². The molecule has 134 valence electrons. The minimum Gasteiger partial charge on any atom is -0.494 e. The van der Waals surface area contributed by atoms with E-state index in [1.807, 2.05) is 6.92 Å². The summed E-state index contributed by atoms with van der Waals surface area (Å²) in [6.07, 6.45) is -3.32. The van der Waals surface area contributed by atoms with Gasteiger partial charge in [0.2, 0.25) is 0 Å². The molecule has 1 amide bonds. The number of rotatable bonds is 5. The fourth-order valence-electron chi connectivity index (χ4n) is 2.17. The van der Waals surface area contributed by atoms with E-state index in [-0.39, 0.29) is 5.57 Å². The van der Waals surface area contributed by atoms with Gasteiger partial charge < -0.3 is 10.1 Å². The van der Waals surface area contributed by atoms with Gasteiger partial charge in [-0.15, -0.1) is 0 Å². The number of nitrogens with zero attached hydrogens (tertiary/aromatic N) is 1. The molecule has 0 aromatic heterocycles. The number of hydrogen-bond donors (Lipinski definition) is 1. The van der Waals surface area contributed by atoms with Crippen LogP contribution >= 0.6 is 0 Å². The van der Waals surface area contributed by atoms with Crippen molar-refractivity contribution in [2.75, 3.05) is 11.9 Å². The van der Waals surface area contributed by atoms with Gasteiger partial charge in [0, 0.05) is 0 Å². The Hall–Kier alpha value is -3.27. The van der Waals surface area contributed by atoms with Crippen LogP contribution in [0.5, 0.6) is 5.75 Å². The Morgan fingerprint density at radius 2 is 1.85 bits per heavy atom. The fraction of sp³-hybridized carbons (Fsp3) is 0.158. The molecule has 0 fully saturated rings. The molecule has 26 heavy (non-hydrogen) atoms. The lowest BCUT2D eigenvalue weighted by Gasteiger charge is -2.13. The lowest BCUT2D eigenvalue weighted by molar-refractivity contribution is -0.137. The Balaban J connectivity index is 2.23. The van der Waals surface area contributed by atoms with Gasteiger partial charge in [-0.1, -0.05) is 24.3 Å². The van der Waals surface area contributed by atoms with Crippen LogP contribution in [0.1, 0.15) is 18.1 Å². The summed E-state index contributed by atoms with van der Waals surface area (Å²) in [5, 5.41) is 11.3. The number of anilines is 1. The standard InChI is InChI=1S/C19H15F3N2O2/c1-2-26-15-9-7-13(8-10-15)11-14(12-23)18(25)24-17-6-4-3-5-16(17)19(20,21)22/h3-11H,2H2,1H3,(H,24,25)/b14-11+. The third-order valence-electron chi connectivity index (χ3n) is 3.35. The molecule has 0 saturated heterocycles. The van der Waals surface area contributed by atoms with E-state index in [1.165, 1.54) is 18.2 Å². The molecule has 0 heterocycles. The molecular formula is C19H15F3N2O2. The zero-order chi connectivity index (χ0) is 19.2. The van der Waals surface area contributed by atoms with Crippen molar-refractivity contribution in [1.82, 2.24) is 0 Å². The molecule has 0 aliphatic rings. The minimum absolute atomic E-state index is 0.314. The van der Waals surface area contributed by atoms with Crippen LogP contribution in [0, 0.1) is 11.3 Å². The van der Waals surface area contributed by atoms with E-state index in [2.05, 4.69) is 5.32 Å². The summed E-state index contributed by atoms with van der Waals surface area (Å²) in [5.41, 5.74) is -1.15. The lowest BCUT2D eigenvalue weighted by atomic mass is 10.1. The molecule has 0 unspecified atom stereocenters. The van der Waals surface area contributed by atoms with E-state index in [9.17, 15) is 23.2 Å². The maximum Gasteiger partial charge on any atom is 0.418 e. The summed E-state index contributed by atoms with van der Waals surface area (Å²) < 4.78 is 44.3. The number of nitriles is 1. The summed E-state index contributed by atoms with van der Waals surface area (Å²) in [7, 11) is 0. The number of benzene rings is 2. The maximum atomic E-state index is 13.0. The van der Waals surface area contributed by atoms with Crippen LogP contribution in [0.25, 0.3) is 6.08 Å². The van der Waals surface area contributed by atoms with Gasteiger partial charge in [-0.05, 0) is 42.8 Å². The predicted octanol–water partition coefficient (Wildman–Crippen LogP) is 4.65. The Morgan fingerprint density at radius 1 is 1.19 bits per heavy atom. The van der Waals surface area contributed by atoms with Crippen LogP contribution in [0.4, 0.5) is 18.9 Å².